The van der Waals surface area contributed by atoms with Gasteiger partial charge in [0.25, 0.3) is 0 Å². The highest BCUT2D eigenvalue weighted by molar-refractivity contribution is 7.89. The first-order valence-corrected chi connectivity index (χ1v) is 10.6. The van der Waals surface area contributed by atoms with E-state index in [1.807, 2.05) is 0 Å². The molecule has 2 aromatic rings. The molecule has 29 heavy (non-hydrogen) atoms. The molecule has 0 aliphatic heterocycles. The summed E-state index contributed by atoms with van der Waals surface area (Å²) in [6.45, 7) is 3.63. The van der Waals surface area contributed by atoms with Crippen molar-refractivity contribution in [3.63, 3.8) is 0 Å². The summed E-state index contributed by atoms with van der Waals surface area (Å²) in [7, 11) is -0.996. The molecule has 0 radical (unpaired) electrons. The minimum atomic E-state index is -3.97. The van der Waals surface area contributed by atoms with E-state index in [0.29, 0.717) is 29.5 Å². The van der Waals surface area contributed by atoms with Crippen LogP contribution in [0.4, 0.5) is 5.69 Å². The molecule has 158 valence electrons. The number of amides is 1. The third kappa shape index (κ3) is 5.75. The summed E-state index contributed by atoms with van der Waals surface area (Å²) in [5.74, 6) is 0.777. The van der Waals surface area contributed by atoms with Crippen LogP contribution in [0.15, 0.2) is 41.3 Å². The van der Waals surface area contributed by atoms with Crippen molar-refractivity contribution in [1.82, 2.24) is 4.72 Å². The summed E-state index contributed by atoms with van der Waals surface area (Å²) in [5, 5.41) is 2.80. The maximum atomic E-state index is 12.6. The van der Waals surface area contributed by atoms with E-state index >= 15 is 0 Å². The SMILES string of the molecule is CCOc1ccc(S(=O)(=O)N[C@@H](C)C(=O)Nc2ccc(OC)c(OC)c2)cc1Cl. The minimum Gasteiger partial charge on any atom is -0.493 e. The standard InChI is InChI=1S/C19H23ClN2O6S/c1-5-28-16-9-7-14(11-15(16)20)29(24,25)22-12(2)19(23)21-13-6-8-17(26-3)18(10-13)27-4/h6-12,22H,5H2,1-4H3,(H,21,23)/t12-/m0/s1. The lowest BCUT2D eigenvalue weighted by atomic mass is 10.2. The molecule has 1 amide bonds. The molecule has 0 bridgehead atoms. The van der Waals surface area contributed by atoms with Crippen molar-refractivity contribution in [3.8, 4) is 17.2 Å². The zero-order chi connectivity index (χ0) is 21.6. The van der Waals surface area contributed by atoms with Gasteiger partial charge < -0.3 is 19.5 Å². The van der Waals surface area contributed by atoms with Crippen LogP contribution in [0.2, 0.25) is 5.02 Å². The van der Waals surface area contributed by atoms with E-state index in [1.54, 1.807) is 25.1 Å². The fourth-order valence-corrected chi connectivity index (χ4v) is 3.97. The van der Waals surface area contributed by atoms with Gasteiger partial charge in [-0.05, 0) is 44.2 Å². The average molecular weight is 443 g/mol. The maximum Gasteiger partial charge on any atom is 0.242 e. The first-order valence-electron chi connectivity index (χ1n) is 8.69. The van der Waals surface area contributed by atoms with Gasteiger partial charge in [-0.2, -0.15) is 4.72 Å². The number of hydrogen-bond acceptors (Lipinski definition) is 6. The number of rotatable bonds is 9. The summed E-state index contributed by atoms with van der Waals surface area (Å²) >= 11 is 6.06. The van der Waals surface area contributed by atoms with Crippen molar-refractivity contribution in [2.24, 2.45) is 0 Å². The van der Waals surface area contributed by atoms with Gasteiger partial charge in [0.1, 0.15) is 5.75 Å². The fraction of sp³-hybridized carbons (Fsp3) is 0.316. The lowest BCUT2D eigenvalue weighted by molar-refractivity contribution is -0.117. The molecule has 0 aliphatic carbocycles. The van der Waals surface area contributed by atoms with E-state index in [4.69, 9.17) is 25.8 Å². The molecule has 2 aromatic carbocycles. The molecule has 10 heteroatoms. The monoisotopic (exact) mass is 442 g/mol. The second kappa shape index (κ2) is 9.82. The number of ether oxygens (including phenoxy) is 3. The van der Waals surface area contributed by atoms with Crippen LogP contribution >= 0.6 is 11.6 Å². The molecule has 8 nitrogen and oxygen atoms in total. The number of hydrogen-bond donors (Lipinski definition) is 2. The van der Waals surface area contributed by atoms with Crippen molar-refractivity contribution in [1.29, 1.82) is 0 Å². The molecule has 2 rings (SSSR count). The van der Waals surface area contributed by atoms with Crippen LogP contribution in [-0.2, 0) is 14.8 Å². The zero-order valence-electron chi connectivity index (χ0n) is 16.5. The Morgan fingerprint density at radius 3 is 2.31 bits per heavy atom. The van der Waals surface area contributed by atoms with Crippen molar-refractivity contribution in [2.45, 2.75) is 24.8 Å². The second-order valence-corrected chi connectivity index (χ2v) is 8.05. The lowest BCUT2D eigenvalue weighted by Crippen LogP contribution is -2.41. The number of sulfonamides is 1. The molecule has 0 fully saturated rings. The largest absolute Gasteiger partial charge is 0.493 e. The van der Waals surface area contributed by atoms with Crippen LogP contribution in [0.25, 0.3) is 0 Å². The molecular weight excluding hydrogens is 420 g/mol. The third-order valence-corrected chi connectivity index (χ3v) is 5.72. The van der Waals surface area contributed by atoms with E-state index in [-0.39, 0.29) is 9.92 Å². The van der Waals surface area contributed by atoms with Gasteiger partial charge in [-0.3, -0.25) is 4.79 Å². The quantitative estimate of drug-likeness (QED) is 0.618. The normalized spacial score (nSPS) is 12.2. The van der Waals surface area contributed by atoms with Crippen LogP contribution in [0.3, 0.4) is 0 Å². The van der Waals surface area contributed by atoms with E-state index < -0.39 is 22.0 Å². The van der Waals surface area contributed by atoms with Gasteiger partial charge >= 0.3 is 0 Å². The molecular formula is C19H23ClN2O6S. The molecule has 0 spiro atoms. The highest BCUT2D eigenvalue weighted by Gasteiger charge is 2.23. The highest BCUT2D eigenvalue weighted by atomic mass is 35.5. The Morgan fingerprint density at radius 1 is 1.07 bits per heavy atom. The first kappa shape index (κ1) is 22.8. The summed E-state index contributed by atoms with van der Waals surface area (Å²) in [6, 6.07) is 7.88. The van der Waals surface area contributed by atoms with Crippen molar-refractivity contribution < 1.29 is 27.4 Å². The van der Waals surface area contributed by atoms with Gasteiger partial charge in [0, 0.05) is 11.8 Å². The Labute approximate surface area is 175 Å². The fourth-order valence-electron chi connectivity index (χ4n) is 2.44. The van der Waals surface area contributed by atoms with E-state index in [2.05, 4.69) is 10.0 Å². The molecule has 0 aliphatic rings. The summed E-state index contributed by atoms with van der Waals surface area (Å²) < 4.78 is 43.1. The number of methoxy groups -OCH3 is 2. The van der Waals surface area contributed by atoms with Crippen LogP contribution < -0.4 is 24.2 Å². The Kier molecular flexibility index (Phi) is 7.72. The third-order valence-electron chi connectivity index (χ3n) is 3.89. The van der Waals surface area contributed by atoms with Gasteiger partial charge in [0.05, 0.1) is 36.8 Å². The second-order valence-electron chi connectivity index (χ2n) is 5.93. The molecule has 0 aromatic heterocycles. The van der Waals surface area contributed by atoms with Crippen LogP contribution in [0.1, 0.15) is 13.8 Å². The van der Waals surface area contributed by atoms with Crippen molar-refractivity contribution in [3.05, 3.63) is 41.4 Å². The van der Waals surface area contributed by atoms with Crippen molar-refractivity contribution in [2.75, 3.05) is 26.1 Å². The molecule has 2 N–H and O–H groups in total. The molecule has 1 atom stereocenters. The number of halogens is 1. The van der Waals surface area contributed by atoms with Crippen molar-refractivity contribution >= 4 is 33.2 Å². The van der Waals surface area contributed by atoms with E-state index in [1.165, 1.54) is 39.3 Å². The summed E-state index contributed by atoms with van der Waals surface area (Å²) in [4.78, 5) is 12.4. The van der Waals surface area contributed by atoms with Gasteiger partial charge in [0.15, 0.2) is 11.5 Å². The average Bonchev–Trinajstić information content (AvgIpc) is 2.69. The number of nitrogens with one attached hydrogen (secondary N) is 2. The molecule has 0 saturated heterocycles. The number of anilines is 1. The highest BCUT2D eigenvalue weighted by Crippen LogP contribution is 2.30. The topological polar surface area (TPSA) is 103 Å². The predicted molar refractivity (Wildman–Crippen MR) is 111 cm³/mol. The number of carbonyl (C=O) groups is 1. The van der Waals surface area contributed by atoms with E-state index in [0.717, 1.165) is 0 Å². The van der Waals surface area contributed by atoms with E-state index in [9.17, 15) is 13.2 Å². The first-order chi connectivity index (χ1) is 13.7. The summed E-state index contributed by atoms with van der Waals surface area (Å²) in [5.41, 5.74) is 0.433. The zero-order valence-corrected chi connectivity index (χ0v) is 18.1. The number of benzene rings is 2. The van der Waals surface area contributed by atoms with Crippen LogP contribution in [-0.4, -0.2) is 41.2 Å². The number of carbonyl (C=O) groups excluding carboxylic acids is 1. The van der Waals surface area contributed by atoms with Crippen LogP contribution in [0.5, 0.6) is 17.2 Å². The molecule has 0 unspecified atom stereocenters. The Hall–Kier alpha value is -2.49. The molecule has 0 heterocycles. The summed E-state index contributed by atoms with van der Waals surface area (Å²) in [6.07, 6.45) is 0. The lowest BCUT2D eigenvalue weighted by Gasteiger charge is -2.16. The Balaban J connectivity index is 2.11. The van der Waals surface area contributed by atoms with Gasteiger partial charge in [-0.25, -0.2) is 8.42 Å². The van der Waals surface area contributed by atoms with Crippen LogP contribution in [0, 0.1) is 0 Å². The smallest absolute Gasteiger partial charge is 0.242 e. The van der Waals surface area contributed by atoms with Gasteiger partial charge in [-0.1, -0.05) is 11.6 Å². The van der Waals surface area contributed by atoms with Gasteiger partial charge in [0.2, 0.25) is 15.9 Å². The minimum absolute atomic E-state index is 0.0725. The Morgan fingerprint density at radius 2 is 1.72 bits per heavy atom. The molecule has 0 saturated carbocycles. The Bertz CT molecular complexity index is 981. The predicted octanol–water partition coefficient (Wildman–Crippen LogP) is 3.06. The maximum absolute atomic E-state index is 12.6. The van der Waals surface area contributed by atoms with Gasteiger partial charge in [-0.15, -0.1) is 0 Å².